The number of ether oxygens (including phenoxy) is 2. The van der Waals surface area contributed by atoms with Gasteiger partial charge in [0.05, 0.1) is 0 Å². The molecule has 1 heterocycles. The maximum Gasteiger partial charge on any atom is 0.161 e. The largest absolute Gasteiger partial charge is 0.612 e. The number of benzene rings is 2. The lowest BCUT2D eigenvalue weighted by Crippen LogP contribution is -2.51. The Morgan fingerprint density at radius 1 is 1.02 bits per heavy atom. The highest BCUT2D eigenvalue weighted by molar-refractivity contribution is 7.90. The zero-order valence-corrected chi connectivity index (χ0v) is 24.5. The number of allylic oxidation sites excluding steroid dienone is 4. The van der Waals surface area contributed by atoms with Crippen molar-refractivity contribution < 1.29 is 23.9 Å². The van der Waals surface area contributed by atoms with Gasteiger partial charge in [-0.05, 0) is 121 Å². The molecule has 212 valence electrons. The Labute approximate surface area is 245 Å². The highest BCUT2D eigenvalue weighted by Crippen LogP contribution is 2.66. The van der Waals surface area contributed by atoms with Crippen LogP contribution in [0.15, 0.2) is 70.2 Å². The van der Waals surface area contributed by atoms with Crippen LogP contribution in [0.3, 0.4) is 0 Å². The Morgan fingerprint density at radius 3 is 2.59 bits per heavy atom. The van der Waals surface area contributed by atoms with Crippen LogP contribution in [0.1, 0.15) is 68.9 Å². The topological polar surface area (TPSA) is 78.8 Å². The Morgan fingerprint density at radius 2 is 1.80 bits per heavy atom. The summed E-state index contributed by atoms with van der Waals surface area (Å²) >= 11 is -1.04. The molecule has 2 fully saturated rings. The first kappa shape index (κ1) is 26.9. The van der Waals surface area contributed by atoms with Crippen LogP contribution in [0.2, 0.25) is 0 Å². The van der Waals surface area contributed by atoms with Crippen molar-refractivity contribution in [3.63, 3.8) is 0 Å². The van der Waals surface area contributed by atoms with E-state index in [4.69, 9.17) is 9.47 Å². The van der Waals surface area contributed by atoms with Crippen molar-refractivity contribution in [3.8, 4) is 23.3 Å². The Bertz CT molecular complexity index is 1530. The highest BCUT2D eigenvalue weighted by Gasteiger charge is 2.62. The summed E-state index contributed by atoms with van der Waals surface area (Å²) in [6.07, 6.45) is 9.23. The van der Waals surface area contributed by atoms with Gasteiger partial charge in [-0.3, -0.25) is 4.79 Å². The van der Waals surface area contributed by atoms with Crippen molar-refractivity contribution in [1.82, 2.24) is 0 Å². The van der Waals surface area contributed by atoms with Crippen molar-refractivity contribution in [1.29, 1.82) is 0 Å². The SMILES string of the molecule is C[S+]([O-])c1ccc(C#C[C@]2(O)CC[C@H]3[C@@H]4CCC5=CC(=O)CCC5=C4[C@@H](c4ccc5c(c4)OCCO5)C[C@@]32C)cc1. The lowest BCUT2D eigenvalue weighted by atomic mass is 9.51. The molecule has 0 amide bonds. The van der Waals surface area contributed by atoms with Crippen molar-refractivity contribution in [2.24, 2.45) is 17.3 Å². The van der Waals surface area contributed by atoms with Gasteiger partial charge in [0, 0.05) is 23.3 Å². The minimum Gasteiger partial charge on any atom is -0.612 e. The van der Waals surface area contributed by atoms with Gasteiger partial charge < -0.3 is 19.1 Å². The molecule has 1 N–H and O–H groups in total. The van der Waals surface area contributed by atoms with Crippen molar-refractivity contribution in [2.45, 2.75) is 68.3 Å². The second kappa shape index (κ2) is 10.1. The summed E-state index contributed by atoms with van der Waals surface area (Å²) in [6, 6.07) is 13.8. The number of hydrogen-bond donors (Lipinski definition) is 1. The summed E-state index contributed by atoms with van der Waals surface area (Å²) in [7, 11) is 0. The molecule has 6 heteroatoms. The fraction of sp³-hybridized carbons (Fsp3) is 0.457. The van der Waals surface area contributed by atoms with Crippen molar-refractivity contribution >= 4 is 17.0 Å². The minimum atomic E-state index is -1.12. The van der Waals surface area contributed by atoms with Crippen LogP contribution in [0.25, 0.3) is 0 Å². The molecular weight excluding hydrogens is 532 g/mol. The van der Waals surface area contributed by atoms with Gasteiger partial charge in [-0.15, -0.1) is 0 Å². The van der Waals surface area contributed by atoms with E-state index < -0.39 is 22.2 Å². The van der Waals surface area contributed by atoms with Crippen LogP contribution in [0.5, 0.6) is 11.5 Å². The number of aliphatic hydroxyl groups is 1. The van der Waals surface area contributed by atoms with Gasteiger partial charge in [0.25, 0.3) is 0 Å². The fourth-order valence-corrected chi connectivity index (χ4v) is 8.87. The summed E-state index contributed by atoms with van der Waals surface area (Å²) in [5.41, 5.74) is 4.58. The molecule has 1 aliphatic heterocycles. The van der Waals surface area contributed by atoms with Crippen LogP contribution < -0.4 is 9.47 Å². The summed E-state index contributed by atoms with van der Waals surface area (Å²) in [4.78, 5) is 13.1. The van der Waals surface area contributed by atoms with Crippen molar-refractivity contribution in [2.75, 3.05) is 19.5 Å². The number of ketones is 1. The molecule has 5 aliphatic rings. The molecule has 1 unspecified atom stereocenters. The zero-order chi connectivity index (χ0) is 28.4. The van der Waals surface area contributed by atoms with E-state index in [2.05, 4.69) is 30.9 Å². The molecule has 0 radical (unpaired) electrons. The zero-order valence-electron chi connectivity index (χ0n) is 23.7. The van der Waals surface area contributed by atoms with E-state index >= 15 is 0 Å². The Hall–Kier alpha value is -2.98. The third-order valence-corrected chi connectivity index (χ3v) is 11.4. The highest BCUT2D eigenvalue weighted by atomic mass is 32.2. The molecule has 0 bridgehead atoms. The summed E-state index contributed by atoms with van der Waals surface area (Å²) in [5, 5.41) is 12.3. The van der Waals surface area contributed by atoms with Gasteiger partial charge in [-0.2, -0.15) is 0 Å². The maximum atomic E-state index is 12.4. The summed E-state index contributed by atoms with van der Waals surface area (Å²) in [5.74, 6) is 9.21. The normalized spacial score (nSPS) is 32.6. The van der Waals surface area contributed by atoms with Crippen LogP contribution in [0.4, 0.5) is 0 Å². The molecule has 2 saturated carbocycles. The molecule has 41 heavy (non-hydrogen) atoms. The lowest BCUT2D eigenvalue weighted by molar-refractivity contribution is -0.114. The standard InChI is InChI=1S/C35H36O5S/c1-34-21-29(24-6-12-31-32(20-24)40-18-17-39-31)33-27-11-7-25(36)19-23(27)5-10-28(33)30(34)14-16-35(34,37)15-13-22-3-8-26(9-4-22)41(2)38/h3-4,6,8-9,12,19-20,28-30,37H,5,7,10-11,14,16-18,21H2,1-2H3/t28-,29+,30-,34-,35-,41?/m0/s1. The van der Waals surface area contributed by atoms with E-state index in [9.17, 15) is 14.5 Å². The van der Waals surface area contributed by atoms with Crippen LogP contribution in [0, 0.1) is 29.1 Å². The van der Waals surface area contributed by atoms with E-state index in [1.165, 1.54) is 22.3 Å². The molecule has 0 spiro atoms. The van der Waals surface area contributed by atoms with Gasteiger partial charge in [0.2, 0.25) is 0 Å². The monoisotopic (exact) mass is 568 g/mol. The molecule has 2 aromatic rings. The first-order valence-corrected chi connectivity index (χ1v) is 16.4. The molecule has 7 rings (SSSR count). The van der Waals surface area contributed by atoms with Gasteiger partial charge in [0.15, 0.2) is 22.2 Å². The smallest absolute Gasteiger partial charge is 0.161 e. The third-order valence-electron chi connectivity index (χ3n) is 10.5. The molecular formula is C35H36O5S. The minimum absolute atomic E-state index is 0.106. The van der Waals surface area contributed by atoms with E-state index in [-0.39, 0.29) is 11.7 Å². The van der Waals surface area contributed by atoms with Gasteiger partial charge in [-0.25, -0.2) is 0 Å². The number of carbonyl (C=O) groups excluding carboxylic acids is 1. The molecule has 0 aromatic heterocycles. The number of fused-ring (bicyclic) bond motifs is 5. The second-order valence-corrected chi connectivity index (χ2v) is 13.9. The van der Waals surface area contributed by atoms with E-state index in [0.717, 1.165) is 54.1 Å². The average Bonchev–Trinajstić information content (AvgIpc) is 3.25. The van der Waals surface area contributed by atoms with E-state index in [1.807, 2.05) is 36.4 Å². The summed E-state index contributed by atoms with van der Waals surface area (Å²) in [6.45, 7) is 3.35. The number of rotatable bonds is 2. The van der Waals surface area contributed by atoms with E-state index in [0.29, 0.717) is 37.9 Å². The first-order valence-electron chi connectivity index (χ1n) is 14.8. The predicted molar refractivity (Wildman–Crippen MR) is 158 cm³/mol. The fourth-order valence-electron chi connectivity index (χ4n) is 8.35. The molecule has 0 saturated heterocycles. The predicted octanol–water partition coefficient (Wildman–Crippen LogP) is 5.88. The quantitative estimate of drug-likeness (QED) is 0.362. The maximum absolute atomic E-state index is 12.4. The number of hydrogen-bond acceptors (Lipinski definition) is 5. The van der Waals surface area contributed by atoms with Crippen LogP contribution in [-0.2, 0) is 16.0 Å². The first-order chi connectivity index (χ1) is 19.8. The van der Waals surface area contributed by atoms with Gasteiger partial charge >= 0.3 is 0 Å². The molecule has 6 atom stereocenters. The van der Waals surface area contributed by atoms with Crippen LogP contribution >= 0.6 is 0 Å². The van der Waals surface area contributed by atoms with Crippen molar-refractivity contribution in [3.05, 3.63) is 76.4 Å². The van der Waals surface area contributed by atoms with E-state index in [1.54, 1.807) is 6.26 Å². The summed E-state index contributed by atoms with van der Waals surface area (Å²) < 4.78 is 23.6. The Balaban J connectivity index is 1.31. The average molecular weight is 569 g/mol. The third kappa shape index (κ3) is 4.45. The van der Waals surface area contributed by atoms with Gasteiger partial charge in [-0.1, -0.05) is 30.4 Å². The molecule has 5 nitrogen and oxygen atoms in total. The Kier molecular flexibility index (Phi) is 6.61. The second-order valence-electron chi connectivity index (χ2n) is 12.5. The molecule has 2 aromatic carbocycles. The lowest BCUT2D eigenvalue weighted by Gasteiger charge is -2.53. The van der Waals surface area contributed by atoms with Crippen LogP contribution in [-0.4, -0.2) is 40.5 Å². The van der Waals surface area contributed by atoms with Gasteiger partial charge in [0.1, 0.15) is 25.1 Å². The number of carbonyl (C=O) groups is 1. The molecule has 4 aliphatic carbocycles.